The summed E-state index contributed by atoms with van der Waals surface area (Å²) in [6.45, 7) is 2.06. The Balaban J connectivity index is 1.63. The molecule has 0 unspecified atom stereocenters. The molecule has 0 amide bonds. The van der Waals surface area contributed by atoms with Crippen LogP contribution >= 0.6 is 0 Å². The van der Waals surface area contributed by atoms with Crippen molar-refractivity contribution < 1.29 is 0 Å². The van der Waals surface area contributed by atoms with Gasteiger partial charge in [0.05, 0.1) is 5.69 Å². The summed E-state index contributed by atoms with van der Waals surface area (Å²) in [4.78, 5) is 3.36. The van der Waals surface area contributed by atoms with Gasteiger partial charge in [0, 0.05) is 35.7 Å². The molecule has 2 N–H and O–H groups in total. The molecule has 0 radical (unpaired) electrons. The Morgan fingerprint density at radius 3 is 2.57 bits per heavy atom. The number of aromatic nitrogens is 3. The molecule has 4 nitrogen and oxygen atoms in total. The number of benzene rings is 2. The van der Waals surface area contributed by atoms with Crippen LogP contribution in [0.1, 0.15) is 5.69 Å². The first kappa shape index (κ1) is 13.6. The highest BCUT2D eigenvalue weighted by molar-refractivity contribution is 5.92. The van der Waals surface area contributed by atoms with Crippen molar-refractivity contribution in [1.29, 1.82) is 0 Å². The fourth-order valence-corrected chi connectivity index (χ4v) is 2.83. The number of aryl methyl sites for hydroxylation is 2. The summed E-state index contributed by atoms with van der Waals surface area (Å²) in [7, 11) is 1.94. The van der Waals surface area contributed by atoms with Crippen molar-refractivity contribution in [2.75, 3.05) is 5.32 Å². The highest BCUT2D eigenvalue weighted by atomic mass is 15.2. The van der Waals surface area contributed by atoms with Gasteiger partial charge in [0.1, 0.15) is 5.52 Å². The van der Waals surface area contributed by atoms with E-state index in [-0.39, 0.29) is 0 Å². The quantitative estimate of drug-likeness (QED) is 0.580. The maximum absolute atomic E-state index is 4.53. The minimum atomic E-state index is 0.985. The predicted octanol–water partition coefficient (Wildman–Crippen LogP) is 4.62. The van der Waals surface area contributed by atoms with E-state index in [0.717, 1.165) is 28.0 Å². The fraction of sp³-hybridized carbons (Fsp3) is 0.105. The lowest BCUT2D eigenvalue weighted by molar-refractivity contribution is 0.780. The van der Waals surface area contributed by atoms with Crippen LogP contribution in [0.25, 0.3) is 22.2 Å². The molecule has 23 heavy (non-hydrogen) atoms. The van der Waals surface area contributed by atoms with Crippen molar-refractivity contribution in [3.63, 3.8) is 0 Å². The maximum atomic E-state index is 4.53. The van der Waals surface area contributed by atoms with Crippen LogP contribution in [0, 0.1) is 6.92 Å². The molecule has 2 heterocycles. The van der Waals surface area contributed by atoms with Gasteiger partial charge in [0.2, 0.25) is 0 Å². The highest BCUT2D eigenvalue weighted by Crippen LogP contribution is 2.26. The van der Waals surface area contributed by atoms with Crippen molar-refractivity contribution in [3.8, 4) is 11.3 Å². The fourth-order valence-electron chi connectivity index (χ4n) is 2.83. The lowest BCUT2D eigenvalue weighted by atomic mass is 10.1. The summed E-state index contributed by atoms with van der Waals surface area (Å²) >= 11 is 0. The molecule has 4 heteroatoms. The zero-order chi connectivity index (χ0) is 15.8. The summed E-state index contributed by atoms with van der Waals surface area (Å²) in [5.74, 6) is 0. The number of aromatic amines is 1. The van der Waals surface area contributed by atoms with Gasteiger partial charge in [0.25, 0.3) is 0 Å². The molecule has 0 aliphatic carbocycles. The van der Waals surface area contributed by atoms with Gasteiger partial charge in [-0.15, -0.1) is 0 Å². The second-order valence-electron chi connectivity index (χ2n) is 5.80. The van der Waals surface area contributed by atoms with Crippen LogP contribution in [0.15, 0.2) is 60.8 Å². The Hall–Kier alpha value is -3.01. The molecule has 0 saturated heterocycles. The normalized spacial score (nSPS) is 11.0. The van der Waals surface area contributed by atoms with Gasteiger partial charge in [-0.05, 0) is 42.8 Å². The van der Waals surface area contributed by atoms with E-state index in [1.54, 1.807) is 0 Å². The number of anilines is 2. The average molecular weight is 302 g/mol. The minimum absolute atomic E-state index is 0.985. The monoisotopic (exact) mass is 302 g/mol. The maximum Gasteiger partial charge on any atom is 0.116 e. The summed E-state index contributed by atoms with van der Waals surface area (Å²) in [5, 5.41) is 9.12. The second-order valence-corrected chi connectivity index (χ2v) is 5.80. The van der Waals surface area contributed by atoms with Crippen molar-refractivity contribution in [1.82, 2.24) is 14.8 Å². The number of fused-ring (bicyclic) bond motifs is 1. The van der Waals surface area contributed by atoms with Crippen LogP contribution in [-0.4, -0.2) is 14.8 Å². The molecule has 0 bridgehead atoms. The molecule has 2 aromatic heterocycles. The van der Waals surface area contributed by atoms with E-state index in [0.29, 0.717) is 0 Å². The lowest BCUT2D eigenvalue weighted by Gasteiger charge is -2.08. The lowest BCUT2D eigenvalue weighted by Crippen LogP contribution is -1.92. The Bertz CT molecular complexity index is 961. The summed E-state index contributed by atoms with van der Waals surface area (Å²) in [6, 6.07) is 18.8. The third kappa shape index (κ3) is 2.59. The molecule has 114 valence electrons. The van der Waals surface area contributed by atoms with Crippen LogP contribution in [-0.2, 0) is 7.05 Å². The van der Waals surface area contributed by atoms with Gasteiger partial charge in [-0.3, -0.25) is 4.68 Å². The summed E-state index contributed by atoms with van der Waals surface area (Å²) in [6.07, 6.45) is 2.02. The number of H-pyrrole nitrogens is 1. The standard InChI is InChI=1S/C19H18N4/c1-13-6-11-17(20-13)14-7-9-16(10-8-14)21-18-5-3-4-15-12-23(2)22-19(15)18/h3-12,20-21H,1-2H3. The van der Waals surface area contributed by atoms with Crippen molar-refractivity contribution in [3.05, 3.63) is 66.5 Å². The van der Waals surface area contributed by atoms with Crippen LogP contribution in [0.3, 0.4) is 0 Å². The molecule has 2 aromatic carbocycles. The first-order valence-electron chi connectivity index (χ1n) is 7.64. The van der Waals surface area contributed by atoms with Crippen molar-refractivity contribution in [2.24, 2.45) is 7.05 Å². The topological polar surface area (TPSA) is 45.6 Å². The van der Waals surface area contributed by atoms with Gasteiger partial charge in [-0.2, -0.15) is 5.10 Å². The summed E-state index contributed by atoms with van der Waals surface area (Å²) < 4.78 is 1.84. The van der Waals surface area contributed by atoms with Gasteiger partial charge in [-0.25, -0.2) is 0 Å². The molecular formula is C19H18N4. The highest BCUT2D eigenvalue weighted by Gasteiger charge is 2.05. The van der Waals surface area contributed by atoms with E-state index in [1.807, 2.05) is 24.0 Å². The molecule has 0 atom stereocenters. The van der Waals surface area contributed by atoms with E-state index in [2.05, 4.69) is 70.9 Å². The van der Waals surface area contributed by atoms with Crippen LogP contribution in [0.4, 0.5) is 11.4 Å². The van der Waals surface area contributed by atoms with Crippen LogP contribution in [0.5, 0.6) is 0 Å². The molecule has 0 spiro atoms. The number of nitrogens with one attached hydrogen (secondary N) is 2. The zero-order valence-electron chi connectivity index (χ0n) is 13.2. The van der Waals surface area contributed by atoms with E-state index in [1.165, 1.54) is 11.3 Å². The molecular weight excluding hydrogens is 284 g/mol. The smallest absolute Gasteiger partial charge is 0.116 e. The Labute approximate surface area is 134 Å². The molecule has 0 aliphatic heterocycles. The van der Waals surface area contributed by atoms with Crippen molar-refractivity contribution >= 4 is 22.3 Å². The third-order valence-corrected chi connectivity index (χ3v) is 3.96. The number of nitrogens with zero attached hydrogens (tertiary/aromatic N) is 2. The second kappa shape index (κ2) is 5.32. The summed E-state index contributed by atoms with van der Waals surface area (Å²) in [5.41, 5.74) is 6.55. The predicted molar refractivity (Wildman–Crippen MR) is 95.0 cm³/mol. The van der Waals surface area contributed by atoms with Crippen LogP contribution in [0.2, 0.25) is 0 Å². The number of rotatable bonds is 3. The molecule has 0 aliphatic rings. The van der Waals surface area contributed by atoms with Gasteiger partial charge >= 0.3 is 0 Å². The van der Waals surface area contributed by atoms with Gasteiger partial charge in [-0.1, -0.05) is 24.3 Å². The third-order valence-electron chi connectivity index (χ3n) is 3.96. The van der Waals surface area contributed by atoms with Gasteiger partial charge in [0.15, 0.2) is 0 Å². The molecule has 4 aromatic rings. The SMILES string of the molecule is Cc1ccc(-c2ccc(Nc3cccc4cn(C)nc34)cc2)[nH]1. The number of hydrogen-bond acceptors (Lipinski definition) is 2. The average Bonchev–Trinajstić information content (AvgIpc) is 3.14. The first-order valence-corrected chi connectivity index (χ1v) is 7.64. The minimum Gasteiger partial charge on any atom is -0.359 e. The van der Waals surface area contributed by atoms with Gasteiger partial charge < -0.3 is 10.3 Å². The zero-order valence-corrected chi connectivity index (χ0v) is 13.2. The Morgan fingerprint density at radius 1 is 1.00 bits per heavy atom. The largest absolute Gasteiger partial charge is 0.359 e. The Morgan fingerprint density at radius 2 is 1.83 bits per heavy atom. The van der Waals surface area contributed by atoms with E-state index in [9.17, 15) is 0 Å². The van der Waals surface area contributed by atoms with E-state index in [4.69, 9.17) is 0 Å². The molecule has 0 fully saturated rings. The number of hydrogen-bond donors (Lipinski definition) is 2. The van der Waals surface area contributed by atoms with E-state index >= 15 is 0 Å². The van der Waals surface area contributed by atoms with Crippen LogP contribution < -0.4 is 5.32 Å². The van der Waals surface area contributed by atoms with E-state index < -0.39 is 0 Å². The molecule has 4 rings (SSSR count). The van der Waals surface area contributed by atoms with Crippen molar-refractivity contribution in [2.45, 2.75) is 6.92 Å². The molecule has 0 saturated carbocycles. The first-order chi connectivity index (χ1) is 11.2. The Kier molecular flexibility index (Phi) is 3.15.